The third-order valence-electron chi connectivity index (χ3n) is 4.18. The summed E-state index contributed by atoms with van der Waals surface area (Å²) in [5.74, 6) is 0.923. The maximum absolute atomic E-state index is 6.53. The van der Waals surface area contributed by atoms with Crippen molar-refractivity contribution in [2.45, 2.75) is 104 Å². The fourth-order valence-corrected chi connectivity index (χ4v) is 3.29. The summed E-state index contributed by atoms with van der Waals surface area (Å²) in [4.78, 5) is 0. The summed E-state index contributed by atoms with van der Waals surface area (Å²) < 4.78 is 6.53. The van der Waals surface area contributed by atoms with Gasteiger partial charge in [0.25, 0.3) is 0 Å². The minimum absolute atomic E-state index is 0.0375. The van der Waals surface area contributed by atoms with E-state index >= 15 is 0 Å². The Labute approximate surface area is 127 Å². The molecular formula is C18H37NO. The van der Waals surface area contributed by atoms with Gasteiger partial charge >= 0.3 is 0 Å². The molecule has 0 bridgehead atoms. The summed E-state index contributed by atoms with van der Waals surface area (Å²) >= 11 is 0. The first-order chi connectivity index (χ1) is 9.05. The van der Waals surface area contributed by atoms with Crippen molar-refractivity contribution in [3.63, 3.8) is 0 Å². The Morgan fingerprint density at radius 1 is 1.05 bits per heavy atom. The Balaban J connectivity index is 2.67. The van der Waals surface area contributed by atoms with Crippen LogP contribution in [0.25, 0.3) is 0 Å². The topological polar surface area (TPSA) is 21.3 Å². The SMILES string of the molecule is CCCC1CCC(CNC(C)(C)C)(OC(C)(C)C)CC1. The van der Waals surface area contributed by atoms with Gasteiger partial charge in [-0.05, 0) is 73.1 Å². The zero-order valence-electron chi connectivity index (χ0n) is 14.9. The van der Waals surface area contributed by atoms with Gasteiger partial charge in [-0.25, -0.2) is 0 Å². The van der Waals surface area contributed by atoms with Gasteiger partial charge < -0.3 is 10.1 Å². The fraction of sp³-hybridized carbons (Fsp3) is 1.00. The normalized spacial score (nSPS) is 28.6. The average molecular weight is 284 g/mol. The summed E-state index contributed by atoms with van der Waals surface area (Å²) in [6.45, 7) is 16.5. The van der Waals surface area contributed by atoms with E-state index in [1.54, 1.807) is 0 Å². The van der Waals surface area contributed by atoms with E-state index in [0.717, 1.165) is 12.5 Å². The largest absolute Gasteiger partial charge is 0.368 e. The summed E-state index contributed by atoms with van der Waals surface area (Å²) in [6, 6.07) is 0. The lowest BCUT2D eigenvalue weighted by Crippen LogP contribution is -2.53. The maximum atomic E-state index is 6.53. The molecule has 0 aliphatic heterocycles. The van der Waals surface area contributed by atoms with Crippen molar-refractivity contribution in [1.82, 2.24) is 5.32 Å². The molecule has 1 rings (SSSR count). The molecule has 0 amide bonds. The molecule has 0 spiro atoms. The second kappa shape index (κ2) is 6.79. The highest BCUT2D eigenvalue weighted by Crippen LogP contribution is 2.39. The molecule has 120 valence electrons. The smallest absolute Gasteiger partial charge is 0.0813 e. The Kier molecular flexibility index (Phi) is 6.10. The van der Waals surface area contributed by atoms with E-state index in [1.165, 1.54) is 38.5 Å². The summed E-state index contributed by atoms with van der Waals surface area (Å²) in [6.07, 6.45) is 7.78. The van der Waals surface area contributed by atoms with Crippen LogP contribution >= 0.6 is 0 Å². The standard InChI is InChI=1S/C18H37NO/c1-8-9-15-10-12-18(13-11-15,20-17(5,6)7)14-19-16(2,3)4/h15,19H,8-14H2,1-7H3. The van der Waals surface area contributed by atoms with Gasteiger partial charge in [0.15, 0.2) is 0 Å². The molecule has 0 aromatic rings. The van der Waals surface area contributed by atoms with E-state index in [0.29, 0.717) is 0 Å². The molecule has 1 fully saturated rings. The van der Waals surface area contributed by atoms with Crippen molar-refractivity contribution in [1.29, 1.82) is 0 Å². The van der Waals surface area contributed by atoms with Crippen LogP contribution in [0.3, 0.4) is 0 Å². The van der Waals surface area contributed by atoms with Gasteiger partial charge in [0.05, 0.1) is 11.2 Å². The maximum Gasteiger partial charge on any atom is 0.0813 e. The Bertz CT molecular complexity index is 277. The fourth-order valence-electron chi connectivity index (χ4n) is 3.29. The molecule has 1 saturated carbocycles. The molecule has 1 N–H and O–H groups in total. The van der Waals surface area contributed by atoms with Gasteiger partial charge in [-0.15, -0.1) is 0 Å². The van der Waals surface area contributed by atoms with E-state index in [2.05, 4.69) is 53.8 Å². The van der Waals surface area contributed by atoms with Crippen LogP contribution in [0.2, 0.25) is 0 Å². The molecule has 0 aromatic heterocycles. The second-order valence-electron chi connectivity index (χ2n) is 8.73. The number of hydrogen-bond donors (Lipinski definition) is 1. The van der Waals surface area contributed by atoms with Gasteiger partial charge in [0.2, 0.25) is 0 Å². The summed E-state index contributed by atoms with van der Waals surface area (Å²) in [7, 11) is 0. The van der Waals surface area contributed by atoms with Crippen LogP contribution in [-0.4, -0.2) is 23.3 Å². The first-order valence-corrected chi connectivity index (χ1v) is 8.50. The first kappa shape index (κ1) is 18.0. The molecular weight excluding hydrogens is 246 g/mol. The molecule has 1 aliphatic carbocycles. The Morgan fingerprint density at radius 3 is 2.00 bits per heavy atom. The molecule has 0 saturated heterocycles. The number of rotatable bonds is 5. The molecule has 0 heterocycles. The third-order valence-corrected chi connectivity index (χ3v) is 4.18. The quantitative estimate of drug-likeness (QED) is 0.773. The Morgan fingerprint density at radius 2 is 1.60 bits per heavy atom. The molecule has 0 atom stereocenters. The average Bonchev–Trinajstić information content (AvgIpc) is 2.27. The summed E-state index contributed by atoms with van der Waals surface area (Å²) in [5.41, 5.74) is 0.140. The van der Waals surface area contributed by atoms with Gasteiger partial charge in [-0.1, -0.05) is 19.8 Å². The van der Waals surface area contributed by atoms with Crippen LogP contribution in [0.1, 0.15) is 87.0 Å². The van der Waals surface area contributed by atoms with Crippen molar-refractivity contribution in [3.8, 4) is 0 Å². The number of nitrogens with one attached hydrogen (secondary N) is 1. The zero-order chi connectivity index (χ0) is 15.4. The molecule has 2 nitrogen and oxygen atoms in total. The predicted octanol–water partition coefficient (Wildman–Crippen LogP) is 4.92. The highest BCUT2D eigenvalue weighted by Gasteiger charge is 2.39. The van der Waals surface area contributed by atoms with E-state index in [1.807, 2.05) is 0 Å². The zero-order valence-corrected chi connectivity index (χ0v) is 14.9. The van der Waals surface area contributed by atoms with E-state index < -0.39 is 0 Å². The summed E-state index contributed by atoms with van der Waals surface area (Å²) in [5, 5.41) is 3.68. The van der Waals surface area contributed by atoms with Crippen LogP contribution in [0, 0.1) is 5.92 Å². The Hall–Kier alpha value is -0.0800. The van der Waals surface area contributed by atoms with Crippen molar-refractivity contribution < 1.29 is 4.74 Å². The molecule has 2 heteroatoms. The monoisotopic (exact) mass is 283 g/mol. The lowest BCUT2D eigenvalue weighted by Gasteiger charge is -2.45. The highest BCUT2D eigenvalue weighted by atomic mass is 16.5. The van der Waals surface area contributed by atoms with Crippen molar-refractivity contribution >= 4 is 0 Å². The van der Waals surface area contributed by atoms with Gasteiger partial charge in [-0.2, -0.15) is 0 Å². The van der Waals surface area contributed by atoms with Gasteiger partial charge in [0, 0.05) is 12.1 Å². The van der Waals surface area contributed by atoms with Crippen molar-refractivity contribution in [2.24, 2.45) is 5.92 Å². The van der Waals surface area contributed by atoms with Gasteiger partial charge in [-0.3, -0.25) is 0 Å². The van der Waals surface area contributed by atoms with Crippen LogP contribution < -0.4 is 5.32 Å². The molecule has 0 radical (unpaired) electrons. The third kappa shape index (κ3) is 6.58. The van der Waals surface area contributed by atoms with E-state index in [-0.39, 0.29) is 16.7 Å². The van der Waals surface area contributed by atoms with E-state index in [9.17, 15) is 0 Å². The van der Waals surface area contributed by atoms with E-state index in [4.69, 9.17) is 4.74 Å². The molecule has 0 aromatic carbocycles. The van der Waals surface area contributed by atoms with Crippen LogP contribution in [-0.2, 0) is 4.74 Å². The number of hydrogen-bond acceptors (Lipinski definition) is 2. The molecule has 1 aliphatic rings. The van der Waals surface area contributed by atoms with Crippen LogP contribution in [0.4, 0.5) is 0 Å². The molecule has 0 unspecified atom stereocenters. The first-order valence-electron chi connectivity index (χ1n) is 8.50. The lowest BCUT2D eigenvalue weighted by molar-refractivity contribution is -0.152. The van der Waals surface area contributed by atoms with Crippen LogP contribution in [0.15, 0.2) is 0 Å². The number of ether oxygens (including phenoxy) is 1. The predicted molar refractivity (Wildman–Crippen MR) is 88.2 cm³/mol. The van der Waals surface area contributed by atoms with Crippen molar-refractivity contribution in [3.05, 3.63) is 0 Å². The minimum Gasteiger partial charge on any atom is -0.368 e. The van der Waals surface area contributed by atoms with Crippen LogP contribution in [0.5, 0.6) is 0 Å². The second-order valence-corrected chi connectivity index (χ2v) is 8.73. The minimum atomic E-state index is -0.0584. The van der Waals surface area contributed by atoms with Gasteiger partial charge in [0.1, 0.15) is 0 Å². The lowest BCUT2D eigenvalue weighted by atomic mass is 9.76. The highest BCUT2D eigenvalue weighted by molar-refractivity contribution is 4.93. The molecule has 20 heavy (non-hydrogen) atoms. The van der Waals surface area contributed by atoms with Crippen molar-refractivity contribution in [2.75, 3.05) is 6.54 Å².